The van der Waals surface area contributed by atoms with E-state index in [0.717, 1.165) is 25.6 Å². The normalized spacial score (nSPS) is 21.9. The van der Waals surface area contributed by atoms with Crippen LogP contribution in [0.3, 0.4) is 0 Å². The van der Waals surface area contributed by atoms with Crippen molar-refractivity contribution < 1.29 is 5.11 Å². The van der Waals surface area contributed by atoms with Crippen LogP contribution < -0.4 is 5.32 Å². The van der Waals surface area contributed by atoms with Crippen LogP contribution in [0.2, 0.25) is 0 Å². The Morgan fingerprint density at radius 3 is 2.46 bits per heavy atom. The number of nitrogens with one attached hydrogen (secondary N) is 1. The van der Waals surface area contributed by atoms with Crippen molar-refractivity contribution >= 4 is 0 Å². The third kappa shape index (κ3) is 3.63. The zero-order valence-electron chi connectivity index (χ0n) is 8.95. The fourth-order valence-electron chi connectivity index (χ4n) is 1.86. The average molecular weight is 186 g/mol. The summed E-state index contributed by atoms with van der Waals surface area (Å²) in [5.41, 5.74) is 0. The van der Waals surface area contributed by atoms with Crippen molar-refractivity contribution in [1.29, 1.82) is 0 Å². The van der Waals surface area contributed by atoms with Gasteiger partial charge >= 0.3 is 0 Å². The van der Waals surface area contributed by atoms with Crippen LogP contribution in [0.5, 0.6) is 0 Å². The van der Waals surface area contributed by atoms with Crippen LogP contribution in [0.1, 0.15) is 20.3 Å². The highest BCUT2D eigenvalue weighted by Crippen LogP contribution is 2.11. The summed E-state index contributed by atoms with van der Waals surface area (Å²) in [6.07, 6.45) is 1.14. The van der Waals surface area contributed by atoms with Gasteiger partial charge in [-0.15, -0.1) is 0 Å². The van der Waals surface area contributed by atoms with E-state index in [9.17, 15) is 0 Å². The molecule has 0 aromatic heterocycles. The number of likely N-dealkylation sites (N-methyl/N-ethyl adjacent to an activating group) is 1. The molecule has 0 radical (unpaired) electrons. The highest BCUT2D eigenvalue weighted by molar-refractivity contribution is 4.82. The molecule has 3 heteroatoms. The molecule has 0 spiro atoms. The molecule has 1 aliphatic rings. The molecule has 2 N–H and O–H groups in total. The second-order valence-corrected chi connectivity index (χ2v) is 4.49. The van der Waals surface area contributed by atoms with Gasteiger partial charge in [0.05, 0.1) is 6.10 Å². The quantitative estimate of drug-likeness (QED) is 0.648. The van der Waals surface area contributed by atoms with Crippen LogP contribution >= 0.6 is 0 Å². The third-order valence-electron chi connectivity index (χ3n) is 2.58. The molecule has 1 saturated heterocycles. The number of β-amino-alcohol motifs (C(OH)–C–C–N with tert-alkyl or cyclic N) is 1. The van der Waals surface area contributed by atoms with Crippen molar-refractivity contribution in [3.8, 4) is 0 Å². The summed E-state index contributed by atoms with van der Waals surface area (Å²) in [4.78, 5) is 2.30. The minimum Gasteiger partial charge on any atom is -0.390 e. The lowest BCUT2D eigenvalue weighted by Gasteiger charge is -2.38. The van der Waals surface area contributed by atoms with Crippen molar-refractivity contribution in [3.63, 3.8) is 0 Å². The first-order valence-electron chi connectivity index (χ1n) is 5.19. The van der Waals surface area contributed by atoms with Gasteiger partial charge in [0.15, 0.2) is 0 Å². The lowest BCUT2D eigenvalue weighted by Crippen LogP contribution is -2.54. The van der Waals surface area contributed by atoms with Crippen LogP contribution in [-0.4, -0.2) is 48.8 Å². The van der Waals surface area contributed by atoms with Gasteiger partial charge in [-0.2, -0.15) is 0 Å². The van der Waals surface area contributed by atoms with Crippen LogP contribution in [0, 0.1) is 5.92 Å². The molecule has 0 unspecified atom stereocenters. The van der Waals surface area contributed by atoms with E-state index in [1.807, 2.05) is 7.05 Å². The molecule has 0 aromatic carbocycles. The van der Waals surface area contributed by atoms with Gasteiger partial charge in [-0.1, -0.05) is 13.8 Å². The Bertz CT molecular complexity index is 144. The molecule has 3 nitrogen and oxygen atoms in total. The maximum Gasteiger partial charge on any atom is 0.0793 e. The van der Waals surface area contributed by atoms with E-state index in [4.69, 9.17) is 5.11 Å². The Hall–Kier alpha value is -0.120. The van der Waals surface area contributed by atoms with E-state index in [-0.39, 0.29) is 6.10 Å². The molecule has 78 valence electrons. The second-order valence-electron chi connectivity index (χ2n) is 4.49. The smallest absolute Gasteiger partial charge is 0.0793 e. The lowest BCUT2D eigenvalue weighted by molar-refractivity contribution is -0.00355. The summed E-state index contributed by atoms with van der Waals surface area (Å²) in [5.74, 6) is 0.739. The van der Waals surface area contributed by atoms with E-state index in [1.54, 1.807) is 0 Å². The van der Waals surface area contributed by atoms with E-state index < -0.39 is 0 Å². The van der Waals surface area contributed by atoms with Crippen molar-refractivity contribution in [2.75, 3.05) is 26.7 Å². The molecule has 1 aliphatic heterocycles. The fourth-order valence-corrected chi connectivity index (χ4v) is 1.86. The predicted octanol–water partition coefficient (Wildman–Crippen LogP) is 0.297. The van der Waals surface area contributed by atoms with E-state index in [1.165, 1.54) is 6.42 Å². The van der Waals surface area contributed by atoms with Gasteiger partial charge in [-0.05, 0) is 19.4 Å². The van der Waals surface area contributed by atoms with Gasteiger partial charge in [-0.3, -0.25) is 4.90 Å². The summed E-state index contributed by atoms with van der Waals surface area (Å²) >= 11 is 0. The number of aliphatic hydroxyl groups excluding tert-OH is 1. The Balaban J connectivity index is 2.16. The number of hydrogen-bond acceptors (Lipinski definition) is 3. The molecule has 0 aromatic rings. The third-order valence-corrected chi connectivity index (χ3v) is 2.58. The number of rotatable bonds is 5. The first-order chi connectivity index (χ1) is 6.11. The molecule has 1 rings (SSSR count). The maximum absolute atomic E-state index is 9.12. The van der Waals surface area contributed by atoms with Crippen molar-refractivity contribution in [2.24, 2.45) is 5.92 Å². The maximum atomic E-state index is 9.12. The number of hydrogen-bond donors (Lipinski definition) is 2. The summed E-state index contributed by atoms with van der Waals surface area (Å²) in [6.45, 7) is 7.28. The van der Waals surface area contributed by atoms with Gasteiger partial charge < -0.3 is 10.4 Å². The van der Waals surface area contributed by atoms with E-state index in [2.05, 4.69) is 24.1 Å². The van der Waals surface area contributed by atoms with Crippen LogP contribution in [0.4, 0.5) is 0 Å². The standard InChI is InChI=1S/C10H22N2O/c1-8(2)4-9(11-3)5-12-6-10(13)7-12/h8-11,13H,4-7H2,1-3H3/t9-/m1/s1. The van der Waals surface area contributed by atoms with Crippen LogP contribution in [-0.2, 0) is 0 Å². The zero-order valence-corrected chi connectivity index (χ0v) is 8.95. The molecule has 0 saturated carbocycles. The summed E-state index contributed by atoms with van der Waals surface area (Å²) < 4.78 is 0. The number of aliphatic hydroxyl groups is 1. The van der Waals surface area contributed by atoms with E-state index >= 15 is 0 Å². The first-order valence-corrected chi connectivity index (χ1v) is 5.19. The summed E-state index contributed by atoms with van der Waals surface area (Å²) in [6, 6.07) is 0.576. The molecular formula is C10H22N2O. The van der Waals surface area contributed by atoms with Crippen molar-refractivity contribution in [1.82, 2.24) is 10.2 Å². The van der Waals surface area contributed by atoms with Gasteiger partial charge in [0.1, 0.15) is 0 Å². The van der Waals surface area contributed by atoms with Gasteiger partial charge in [0.2, 0.25) is 0 Å². The molecule has 1 atom stereocenters. The minimum atomic E-state index is -0.0726. The second kappa shape index (κ2) is 4.94. The summed E-state index contributed by atoms with van der Waals surface area (Å²) in [7, 11) is 2.02. The van der Waals surface area contributed by atoms with Gasteiger partial charge in [-0.25, -0.2) is 0 Å². The zero-order chi connectivity index (χ0) is 9.84. The summed E-state index contributed by atoms with van der Waals surface area (Å²) in [5, 5.41) is 12.4. The molecule has 1 heterocycles. The highest BCUT2D eigenvalue weighted by atomic mass is 16.3. The highest BCUT2D eigenvalue weighted by Gasteiger charge is 2.26. The SMILES string of the molecule is CN[C@H](CC(C)C)CN1CC(O)C1. The van der Waals surface area contributed by atoms with Gasteiger partial charge in [0.25, 0.3) is 0 Å². The average Bonchev–Trinajstić information content (AvgIpc) is 1.99. The Morgan fingerprint density at radius 1 is 1.46 bits per heavy atom. The largest absolute Gasteiger partial charge is 0.390 e. The Labute approximate surface area is 81.1 Å². The van der Waals surface area contributed by atoms with Crippen molar-refractivity contribution in [3.05, 3.63) is 0 Å². The first kappa shape index (κ1) is 11.0. The molecule has 0 amide bonds. The predicted molar refractivity (Wildman–Crippen MR) is 54.7 cm³/mol. The van der Waals surface area contributed by atoms with Crippen LogP contribution in [0.25, 0.3) is 0 Å². The van der Waals surface area contributed by atoms with Gasteiger partial charge in [0, 0.05) is 25.7 Å². The lowest BCUT2D eigenvalue weighted by atomic mass is 10.0. The Kier molecular flexibility index (Phi) is 4.16. The minimum absolute atomic E-state index is 0.0726. The molecule has 13 heavy (non-hydrogen) atoms. The fraction of sp³-hybridized carbons (Fsp3) is 1.00. The monoisotopic (exact) mass is 186 g/mol. The van der Waals surface area contributed by atoms with Crippen LogP contribution in [0.15, 0.2) is 0 Å². The Morgan fingerprint density at radius 2 is 2.08 bits per heavy atom. The molecule has 0 bridgehead atoms. The molecular weight excluding hydrogens is 164 g/mol. The van der Waals surface area contributed by atoms with Crippen molar-refractivity contribution in [2.45, 2.75) is 32.4 Å². The number of likely N-dealkylation sites (tertiary alicyclic amines) is 1. The van der Waals surface area contributed by atoms with E-state index in [0.29, 0.717) is 6.04 Å². The topological polar surface area (TPSA) is 35.5 Å². The molecule has 0 aliphatic carbocycles. The number of nitrogens with zero attached hydrogens (tertiary/aromatic N) is 1. The molecule has 1 fully saturated rings.